The van der Waals surface area contributed by atoms with E-state index in [2.05, 4.69) is 48.0 Å². The van der Waals surface area contributed by atoms with E-state index in [1.54, 1.807) is 0 Å². The van der Waals surface area contributed by atoms with Crippen LogP contribution in [0.2, 0.25) is 0 Å². The number of nitrogens with one attached hydrogen (secondary N) is 2. The van der Waals surface area contributed by atoms with Gasteiger partial charge in [-0.15, -0.1) is 0 Å². The van der Waals surface area contributed by atoms with Crippen LogP contribution in [0.1, 0.15) is 20.3 Å². The summed E-state index contributed by atoms with van der Waals surface area (Å²) in [6.07, 6.45) is 13.8. The maximum absolute atomic E-state index is 5.52. The molecule has 0 aromatic rings. The van der Waals surface area contributed by atoms with E-state index in [0.717, 1.165) is 6.42 Å². The zero-order chi connectivity index (χ0) is 15.4. The van der Waals surface area contributed by atoms with E-state index in [1.807, 2.05) is 18.4 Å². The van der Waals surface area contributed by atoms with Gasteiger partial charge in [0.05, 0.1) is 6.54 Å². The molecule has 6 N–H and O–H groups in total. The van der Waals surface area contributed by atoms with Crippen molar-refractivity contribution >= 4 is 0 Å². The lowest BCUT2D eigenvalue weighted by molar-refractivity contribution is 0.211. The van der Waals surface area contributed by atoms with Crippen molar-refractivity contribution < 1.29 is 4.84 Å². The SMILES string of the molecule is C#CN/C(CN/C=C/C/C=C(\C=C)C(C)C)=C(\N)ON. The molecule has 0 aromatic heterocycles. The van der Waals surface area contributed by atoms with Crippen molar-refractivity contribution in [3.63, 3.8) is 0 Å². The minimum Gasteiger partial charge on any atom is -0.392 e. The summed E-state index contributed by atoms with van der Waals surface area (Å²) in [4.78, 5) is 4.43. The maximum atomic E-state index is 5.52. The van der Waals surface area contributed by atoms with Crippen molar-refractivity contribution in [2.75, 3.05) is 6.54 Å². The highest BCUT2D eigenvalue weighted by atomic mass is 16.6. The predicted molar refractivity (Wildman–Crippen MR) is 83.3 cm³/mol. The van der Waals surface area contributed by atoms with Crippen molar-refractivity contribution in [2.24, 2.45) is 17.5 Å². The first-order chi connectivity index (χ1) is 9.56. The number of allylic oxidation sites excluding steroid dienone is 4. The lowest BCUT2D eigenvalue weighted by Crippen LogP contribution is -2.25. The standard InChI is InChI=1S/C15H24N4O/c1-5-13(12(3)4)9-7-8-10-18-11-14(19-6-2)15(16)20-17/h2,5,8-10,12,18-19H,1,7,11,16-17H2,3-4H3/b10-8+,13-9+,15-14+. The van der Waals surface area contributed by atoms with Gasteiger partial charge in [-0.05, 0) is 24.1 Å². The zero-order valence-electron chi connectivity index (χ0n) is 12.1. The molecule has 0 atom stereocenters. The molecule has 5 nitrogen and oxygen atoms in total. The fourth-order valence-corrected chi connectivity index (χ4v) is 1.42. The Morgan fingerprint density at radius 2 is 2.20 bits per heavy atom. The molecular formula is C15H24N4O. The minimum absolute atomic E-state index is 0.0532. The topological polar surface area (TPSA) is 85.3 Å². The van der Waals surface area contributed by atoms with Crippen LogP contribution in [0, 0.1) is 18.4 Å². The first-order valence-corrected chi connectivity index (χ1v) is 6.34. The molecule has 0 rings (SSSR count). The quantitative estimate of drug-likeness (QED) is 0.168. The highest BCUT2D eigenvalue weighted by molar-refractivity contribution is 5.19. The highest BCUT2D eigenvalue weighted by Gasteiger charge is 2.01. The molecule has 0 bridgehead atoms. The predicted octanol–water partition coefficient (Wildman–Crippen LogP) is 1.45. The summed E-state index contributed by atoms with van der Waals surface area (Å²) in [6.45, 7) is 8.45. The van der Waals surface area contributed by atoms with Crippen LogP contribution in [0.25, 0.3) is 0 Å². The van der Waals surface area contributed by atoms with Crippen LogP contribution < -0.4 is 22.3 Å². The largest absolute Gasteiger partial charge is 0.392 e. The van der Waals surface area contributed by atoms with Gasteiger partial charge in [-0.3, -0.25) is 0 Å². The minimum atomic E-state index is 0.0532. The zero-order valence-corrected chi connectivity index (χ0v) is 12.1. The second kappa shape index (κ2) is 10.6. The molecule has 0 aliphatic heterocycles. The average Bonchev–Trinajstić information content (AvgIpc) is 2.44. The Hall–Kier alpha value is -2.32. The number of nitrogens with two attached hydrogens (primary N) is 2. The summed E-state index contributed by atoms with van der Waals surface area (Å²) in [7, 11) is 0. The van der Waals surface area contributed by atoms with Crippen LogP contribution in [-0.2, 0) is 4.84 Å². The van der Waals surface area contributed by atoms with E-state index in [-0.39, 0.29) is 5.88 Å². The molecule has 0 aliphatic rings. The molecule has 0 aromatic carbocycles. The third kappa shape index (κ3) is 7.19. The molecule has 20 heavy (non-hydrogen) atoms. The van der Waals surface area contributed by atoms with Crippen molar-refractivity contribution in [3.05, 3.63) is 48.2 Å². The van der Waals surface area contributed by atoms with Crippen molar-refractivity contribution in [1.29, 1.82) is 0 Å². The van der Waals surface area contributed by atoms with E-state index < -0.39 is 0 Å². The van der Waals surface area contributed by atoms with Gasteiger partial charge in [-0.1, -0.05) is 45.1 Å². The number of hydrogen-bond donors (Lipinski definition) is 4. The second-order valence-electron chi connectivity index (χ2n) is 4.31. The Labute approximate surface area is 121 Å². The molecule has 0 aliphatic carbocycles. The van der Waals surface area contributed by atoms with E-state index in [0.29, 0.717) is 18.2 Å². The summed E-state index contributed by atoms with van der Waals surface area (Å²) >= 11 is 0. The van der Waals surface area contributed by atoms with Gasteiger partial charge in [0.2, 0.25) is 5.88 Å². The molecule has 110 valence electrons. The number of hydrogen-bond acceptors (Lipinski definition) is 5. The molecule has 5 heteroatoms. The van der Waals surface area contributed by atoms with E-state index in [1.165, 1.54) is 5.57 Å². The molecule has 0 amide bonds. The van der Waals surface area contributed by atoms with Gasteiger partial charge in [0, 0.05) is 6.04 Å². The Morgan fingerprint density at radius 3 is 2.70 bits per heavy atom. The lowest BCUT2D eigenvalue weighted by Gasteiger charge is -2.08. The third-order valence-corrected chi connectivity index (χ3v) is 2.55. The fourth-order valence-electron chi connectivity index (χ4n) is 1.42. The molecule has 0 unspecified atom stereocenters. The summed E-state index contributed by atoms with van der Waals surface area (Å²) < 4.78 is 0. The molecular weight excluding hydrogens is 252 g/mol. The Morgan fingerprint density at radius 1 is 1.50 bits per heavy atom. The molecule has 0 saturated carbocycles. The monoisotopic (exact) mass is 276 g/mol. The second-order valence-corrected chi connectivity index (χ2v) is 4.31. The Kier molecular flexibility index (Phi) is 9.36. The van der Waals surface area contributed by atoms with Crippen LogP contribution >= 0.6 is 0 Å². The summed E-state index contributed by atoms with van der Waals surface area (Å²) in [5, 5.41) is 5.66. The van der Waals surface area contributed by atoms with E-state index in [9.17, 15) is 0 Å². The van der Waals surface area contributed by atoms with Crippen molar-refractivity contribution in [3.8, 4) is 12.5 Å². The van der Waals surface area contributed by atoms with Crippen LogP contribution in [0.5, 0.6) is 0 Å². The van der Waals surface area contributed by atoms with Gasteiger partial charge in [0.15, 0.2) is 0 Å². The molecule has 0 saturated heterocycles. The lowest BCUT2D eigenvalue weighted by atomic mass is 10.0. The molecule has 0 radical (unpaired) electrons. The van der Waals surface area contributed by atoms with Crippen LogP contribution in [0.4, 0.5) is 0 Å². The Bertz CT molecular complexity index is 428. The molecule has 0 heterocycles. The third-order valence-electron chi connectivity index (χ3n) is 2.55. The van der Waals surface area contributed by atoms with Gasteiger partial charge in [-0.2, -0.15) is 5.90 Å². The van der Waals surface area contributed by atoms with Crippen molar-refractivity contribution in [1.82, 2.24) is 10.6 Å². The van der Waals surface area contributed by atoms with E-state index >= 15 is 0 Å². The number of terminal acetylenes is 1. The van der Waals surface area contributed by atoms with E-state index in [4.69, 9.17) is 18.1 Å². The maximum Gasteiger partial charge on any atom is 0.231 e. The van der Waals surface area contributed by atoms with Crippen LogP contribution in [0.15, 0.2) is 48.2 Å². The van der Waals surface area contributed by atoms with Crippen molar-refractivity contribution in [2.45, 2.75) is 20.3 Å². The van der Waals surface area contributed by atoms with Gasteiger partial charge in [0.1, 0.15) is 5.70 Å². The normalized spacial score (nSPS) is 12.8. The molecule has 0 fully saturated rings. The van der Waals surface area contributed by atoms with Gasteiger partial charge in [-0.25, -0.2) is 0 Å². The van der Waals surface area contributed by atoms with Gasteiger partial charge in [0.25, 0.3) is 0 Å². The number of rotatable bonds is 9. The first-order valence-electron chi connectivity index (χ1n) is 6.34. The van der Waals surface area contributed by atoms with Gasteiger partial charge >= 0.3 is 0 Å². The summed E-state index contributed by atoms with van der Waals surface area (Å²) in [5.41, 5.74) is 7.26. The fraction of sp³-hybridized carbons (Fsp3) is 0.333. The highest BCUT2D eigenvalue weighted by Crippen LogP contribution is 2.10. The van der Waals surface area contributed by atoms with Crippen LogP contribution in [0.3, 0.4) is 0 Å². The van der Waals surface area contributed by atoms with Crippen LogP contribution in [-0.4, -0.2) is 6.54 Å². The summed E-state index contributed by atoms with van der Waals surface area (Å²) in [5.74, 6) is 5.51. The van der Waals surface area contributed by atoms with Gasteiger partial charge < -0.3 is 21.2 Å². The molecule has 0 spiro atoms. The Balaban J connectivity index is 4.27. The first kappa shape index (κ1) is 17.7. The summed E-state index contributed by atoms with van der Waals surface area (Å²) in [6, 6.07) is 2.26. The smallest absolute Gasteiger partial charge is 0.231 e. The average molecular weight is 276 g/mol.